The molecule has 2 rings (SSSR count). The second-order valence-corrected chi connectivity index (χ2v) is 7.55. The number of alkyl halides is 1. The van der Waals surface area contributed by atoms with Gasteiger partial charge in [0.2, 0.25) is 0 Å². The van der Waals surface area contributed by atoms with E-state index >= 15 is 0 Å². The molecule has 9 heteroatoms. The number of amides is 1. The van der Waals surface area contributed by atoms with E-state index in [1.165, 1.54) is 26.1 Å². The third kappa shape index (κ3) is 6.04. The van der Waals surface area contributed by atoms with Crippen LogP contribution in [0, 0.1) is 0 Å². The monoisotopic (exact) mass is 401 g/mol. The van der Waals surface area contributed by atoms with Gasteiger partial charge < -0.3 is 20.5 Å². The zero-order chi connectivity index (χ0) is 20.2. The molecule has 1 saturated carbocycles. The van der Waals surface area contributed by atoms with Gasteiger partial charge in [0, 0.05) is 31.5 Å². The van der Waals surface area contributed by atoms with Crippen molar-refractivity contribution in [2.45, 2.75) is 64.0 Å². The molecule has 0 unspecified atom stereocenters. The number of carbonyl (C=O) groups is 2. The number of rotatable bonds is 8. The molecule has 150 valence electrons. The highest BCUT2D eigenvalue weighted by atomic mass is 35.5. The second kappa shape index (κ2) is 8.84. The summed E-state index contributed by atoms with van der Waals surface area (Å²) in [5.74, 6) is -0.764. The van der Waals surface area contributed by atoms with E-state index in [4.69, 9.17) is 16.3 Å². The SMILES string of the molecule is CCC(=O)OC1CC(Nc2cc(Cl)ncc2C(=O)NC[C@@H](F)C(C)(C)O)C1. The minimum atomic E-state index is -1.61. The minimum Gasteiger partial charge on any atom is -0.462 e. The van der Waals surface area contributed by atoms with E-state index < -0.39 is 17.7 Å². The van der Waals surface area contributed by atoms with Crippen LogP contribution >= 0.6 is 11.6 Å². The average molecular weight is 402 g/mol. The normalized spacial score (nSPS) is 20.4. The molecule has 27 heavy (non-hydrogen) atoms. The van der Waals surface area contributed by atoms with Crippen molar-refractivity contribution in [3.05, 3.63) is 23.0 Å². The van der Waals surface area contributed by atoms with Crippen LogP contribution in [0.2, 0.25) is 5.15 Å². The average Bonchev–Trinajstić information content (AvgIpc) is 2.56. The first-order chi connectivity index (χ1) is 12.6. The molecule has 1 aromatic heterocycles. The standard InChI is InChI=1S/C18H25ClFN3O4/c1-4-16(24)27-11-5-10(6-11)23-13-7-15(19)21-8-12(13)17(25)22-9-14(20)18(2,3)26/h7-8,10-11,14,26H,4-6,9H2,1-3H3,(H,21,23)(H,22,25)/t10?,11?,14-/m1/s1. The fraction of sp³-hybridized carbons (Fsp3) is 0.611. The van der Waals surface area contributed by atoms with E-state index in [-0.39, 0.29) is 35.4 Å². The van der Waals surface area contributed by atoms with Gasteiger partial charge in [-0.2, -0.15) is 0 Å². The van der Waals surface area contributed by atoms with Crippen LogP contribution in [0.15, 0.2) is 12.3 Å². The molecule has 1 fully saturated rings. The number of ether oxygens (including phenoxy) is 1. The van der Waals surface area contributed by atoms with E-state index in [1.54, 1.807) is 6.92 Å². The van der Waals surface area contributed by atoms with Gasteiger partial charge >= 0.3 is 5.97 Å². The number of pyridine rings is 1. The van der Waals surface area contributed by atoms with Gasteiger partial charge in [0.25, 0.3) is 5.91 Å². The third-order valence-electron chi connectivity index (χ3n) is 4.36. The molecule has 0 spiro atoms. The van der Waals surface area contributed by atoms with Gasteiger partial charge in [-0.15, -0.1) is 0 Å². The highest BCUT2D eigenvalue weighted by Gasteiger charge is 2.33. The molecule has 1 amide bonds. The first-order valence-corrected chi connectivity index (χ1v) is 9.24. The smallest absolute Gasteiger partial charge is 0.305 e. The van der Waals surface area contributed by atoms with Crippen molar-refractivity contribution in [2.24, 2.45) is 0 Å². The Morgan fingerprint density at radius 3 is 2.74 bits per heavy atom. The molecule has 0 bridgehead atoms. The van der Waals surface area contributed by atoms with Crippen LogP contribution in [0.1, 0.15) is 50.4 Å². The fourth-order valence-electron chi connectivity index (χ4n) is 2.53. The molecule has 0 aliphatic heterocycles. The van der Waals surface area contributed by atoms with Crippen molar-refractivity contribution in [3.63, 3.8) is 0 Å². The molecule has 1 aliphatic carbocycles. The summed E-state index contributed by atoms with van der Waals surface area (Å²) in [5, 5.41) is 15.5. The van der Waals surface area contributed by atoms with E-state index in [0.29, 0.717) is 24.9 Å². The topological polar surface area (TPSA) is 101 Å². The third-order valence-corrected chi connectivity index (χ3v) is 4.57. The summed E-state index contributed by atoms with van der Waals surface area (Å²) in [4.78, 5) is 27.6. The van der Waals surface area contributed by atoms with Crippen molar-refractivity contribution in [2.75, 3.05) is 11.9 Å². The van der Waals surface area contributed by atoms with Crippen LogP contribution in [-0.4, -0.2) is 52.4 Å². The highest BCUT2D eigenvalue weighted by Crippen LogP contribution is 2.29. The summed E-state index contributed by atoms with van der Waals surface area (Å²) in [7, 11) is 0. The van der Waals surface area contributed by atoms with Crippen molar-refractivity contribution >= 4 is 29.2 Å². The van der Waals surface area contributed by atoms with Gasteiger partial charge in [-0.1, -0.05) is 18.5 Å². The number of hydrogen-bond acceptors (Lipinski definition) is 6. The number of anilines is 1. The van der Waals surface area contributed by atoms with Gasteiger partial charge in [0.1, 0.15) is 17.4 Å². The molecule has 0 radical (unpaired) electrons. The van der Waals surface area contributed by atoms with Crippen LogP contribution in [0.5, 0.6) is 0 Å². The Morgan fingerprint density at radius 1 is 1.48 bits per heavy atom. The van der Waals surface area contributed by atoms with Crippen LogP contribution in [0.4, 0.5) is 10.1 Å². The maximum absolute atomic E-state index is 13.8. The van der Waals surface area contributed by atoms with Gasteiger partial charge in [0.05, 0.1) is 23.4 Å². The number of esters is 1. The molecule has 1 aliphatic rings. The zero-order valence-electron chi connectivity index (χ0n) is 15.6. The number of carbonyl (C=O) groups excluding carboxylic acids is 2. The number of aromatic nitrogens is 1. The Kier molecular flexibility index (Phi) is 7.00. The lowest BCUT2D eigenvalue weighted by Crippen LogP contribution is -2.43. The van der Waals surface area contributed by atoms with Crippen molar-refractivity contribution in [3.8, 4) is 0 Å². The van der Waals surface area contributed by atoms with E-state index in [0.717, 1.165) is 0 Å². The Bertz CT molecular complexity index is 690. The summed E-state index contributed by atoms with van der Waals surface area (Å²) < 4.78 is 19.1. The van der Waals surface area contributed by atoms with Gasteiger partial charge in [-0.25, -0.2) is 9.37 Å². The highest BCUT2D eigenvalue weighted by molar-refractivity contribution is 6.29. The van der Waals surface area contributed by atoms with Crippen LogP contribution in [0.3, 0.4) is 0 Å². The van der Waals surface area contributed by atoms with Crippen LogP contribution < -0.4 is 10.6 Å². The van der Waals surface area contributed by atoms with E-state index in [1.807, 2.05) is 0 Å². The molecule has 3 N–H and O–H groups in total. The van der Waals surface area contributed by atoms with E-state index in [2.05, 4.69) is 15.6 Å². The number of nitrogens with zero attached hydrogens (tertiary/aromatic N) is 1. The largest absolute Gasteiger partial charge is 0.462 e. The Hall–Kier alpha value is -1.93. The summed E-state index contributed by atoms with van der Waals surface area (Å²) in [6.45, 7) is 4.07. The predicted octanol–water partition coefficient (Wildman–Crippen LogP) is 2.47. The van der Waals surface area contributed by atoms with Crippen LogP contribution in [-0.2, 0) is 9.53 Å². The van der Waals surface area contributed by atoms with Crippen molar-refractivity contribution < 1.29 is 23.8 Å². The lowest BCUT2D eigenvalue weighted by Gasteiger charge is -2.36. The second-order valence-electron chi connectivity index (χ2n) is 7.16. The molecule has 1 atom stereocenters. The van der Waals surface area contributed by atoms with E-state index in [9.17, 15) is 19.1 Å². The number of halogens is 2. The maximum Gasteiger partial charge on any atom is 0.305 e. The molecule has 0 aromatic carbocycles. The quantitative estimate of drug-likeness (QED) is 0.457. The first-order valence-electron chi connectivity index (χ1n) is 8.86. The molecule has 7 nitrogen and oxygen atoms in total. The lowest BCUT2D eigenvalue weighted by atomic mass is 9.89. The maximum atomic E-state index is 13.8. The Balaban J connectivity index is 1.97. The fourth-order valence-corrected chi connectivity index (χ4v) is 2.68. The summed E-state index contributed by atoms with van der Waals surface area (Å²) in [6.07, 6.45) is 1.14. The molecular formula is C18H25ClFN3O4. The molecule has 0 saturated heterocycles. The van der Waals surface area contributed by atoms with Gasteiger partial charge in [-0.3, -0.25) is 9.59 Å². The molecular weight excluding hydrogens is 377 g/mol. The minimum absolute atomic E-state index is 0.0231. The first kappa shape index (κ1) is 21.4. The number of aliphatic hydroxyl groups is 1. The number of hydrogen-bond donors (Lipinski definition) is 3. The van der Waals surface area contributed by atoms with Crippen LogP contribution in [0.25, 0.3) is 0 Å². The Labute approximate surface area is 162 Å². The van der Waals surface area contributed by atoms with Crippen molar-refractivity contribution in [1.29, 1.82) is 0 Å². The van der Waals surface area contributed by atoms with Crippen molar-refractivity contribution in [1.82, 2.24) is 10.3 Å². The summed E-state index contributed by atoms with van der Waals surface area (Å²) in [5.41, 5.74) is -0.864. The Morgan fingerprint density at radius 2 is 2.15 bits per heavy atom. The summed E-state index contributed by atoms with van der Waals surface area (Å²) >= 11 is 5.92. The van der Waals surface area contributed by atoms with Gasteiger partial charge in [-0.05, 0) is 19.9 Å². The number of nitrogens with one attached hydrogen (secondary N) is 2. The molecule has 1 aromatic rings. The lowest BCUT2D eigenvalue weighted by molar-refractivity contribution is -0.152. The predicted molar refractivity (Wildman–Crippen MR) is 99.6 cm³/mol. The molecule has 1 heterocycles. The van der Waals surface area contributed by atoms with Gasteiger partial charge in [0.15, 0.2) is 0 Å². The summed E-state index contributed by atoms with van der Waals surface area (Å²) in [6, 6.07) is 1.54. The zero-order valence-corrected chi connectivity index (χ0v) is 16.3.